The first-order chi connectivity index (χ1) is 20.1. The van der Waals surface area contributed by atoms with Gasteiger partial charge in [0, 0.05) is 44.1 Å². The van der Waals surface area contributed by atoms with Crippen LogP contribution in [0.2, 0.25) is 0 Å². The van der Waals surface area contributed by atoms with Crippen molar-refractivity contribution in [1.29, 1.82) is 0 Å². The minimum atomic E-state index is -0.446. The van der Waals surface area contributed by atoms with Crippen LogP contribution in [0, 0.1) is 17.8 Å². The standard InChI is InChI=1S/C31H46N6O4/c1-3-16-37-29-23-8-4-5-9-24(23)30(38)36(27-11-7-6-10-25(27)28(29)33-35-37)18-22-17-26(34-41-22)21-14-12-20(13-15-21)19-40-31(39)32-2/h12-15,22-25,27-29,33,35H,3-11,16-19H2,1-2H3,(H,32,39). The molecule has 7 unspecified atom stereocenters. The zero-order valence-electron chi connectivity index (χ0n) is 24.5. The topological polar surface area (TPSA) is 108 Å². The van der Waals surface area contributed by atoms with Gasteiger partial charge in [-0.1, -0.05) is 62.0 Å². The van der Waals surface area contributed by atoms with Gasteiger partial charge >= 0.3 is 6.09 Å². The molecule has 7 atom stereocenters. The highest BCUT2D eigenvalue weighted by Crippen LogP contribution is 2.45. The maximum absolute atomic E-state index is 14.5. The molecule has 4 fully saturated rings. The summed E-state index contributed by atoms with van der Waals surface area (Å²) < 4.78 is 5.14. The maximum Gasteiger partial charge on any atom is 0.407 e. The Morgan fingerprint density at radius 2 is 1.85 bits per heavy atom. The van der Waals surface area contributed by atoms with Gasteiger partial charge in [-0.2, -0.15) is 5.53 Å². The summed E-state index contributed by atoms with van der Waals surface area (Å²) in [5.41, 5.74) is 10.1. The van der Waals surface area contributed by atoms with Gasteiger partial charge in [0.05, 0.1) is 12.3 Å². The number of hydrazine groups is 2. The van der Waals surface area contributed by atoms with Gasteiger partial charge in [-0.05, 0) is 55.1 Å². The van der Waals surface area contributed by atoms with Gasteiger partial charge < -0.3 is 19.8 Å². The Labute approximate surface area is 243 Å². The Hall–Kier alpha value is -2.69. The van der Waals surface area contributed by atoms with Crippen LogP contribution in [-0.2, 0) is 21.0 Å². The van der Waals surface area contributed by atoms with E-state index in [9.17, 15) is 9.59 Å². The third-order valence-electron chi connectivity index (χ3n) is 10.1. The quantitative estimate of drug-likeness (QED) is 0.462. The zero-order valence-corrected chi connectivity index (χ0v) is 24.5. The van der Waals surface area contributed by atoms with Crippen molar-refractivity contribution in [3.05, 3.63) is 35.4 Å². The van der Waals surface area contributed by atoms with Crippen LogP contribution < -0.4 is 16.3 Å². The Morgan fingerprint density at radius 1 is 1.10 bits per heavy atom. The second-order valence-corrected chi connectivity index (χ2v) is 12.5. The molecule has 0 aromatic heterocycles. The van der Waals surface area contributed by atoms with Crippen LogP contribution in [-0.4, -0.2) is 72.0 Å². The van der Waals surface area contributed by atoms with E-state index in [4.69, 9.17) is 9.57 Å². The summed E-state index contributed by atoms with van der Waals surface area (Å²) in [6.07, 6.45) is 10.3. The number of carbonyl (C=O) groups excluding carboxylic acids is 2. The number of amides is 2. The van der Waals surface area contributed by atoms with E-state index in [1.54, 1.807) is 7.05 Å². The Kier molecular flexibility index (Phi) is 8.79. The zero-order chi connectivity index (χ0) is 28.3. The number of hydrogen-bond donors (Lipinski definition) is 3. The summed E-state index contributed by atoms with van der Waals surface area (Å²) in [5, 5.41) is 9.35. The third kappa shape index (κ3) is 5.83. The molecule has 1 aromatic carbocycles. The normalized spacial score (nSPS) is 33.5. The molecule has 6 rings (SSSR count). The van der Waals surface area contributed by atoms with Crippen LogP contribution in [0.3, 0.4) is 0 Å². The molecule has 1 aromatic rings. The summed E-state index contributed by atoms with van der Waals surface area (Å²) in [4.78, 5) is 34.1. The molecule has 0 radical (unpaired) electrons. The fourth-order valence-corrected chi connectivity index (χ4v) is 8.17. The van der Waals surface area contributed by atoms with Crippen LogP contribution >= 0.6 is 0 Å². The smallest absolute Gasteiger partial charge is 0.407 e. The molecule has 10 heteroatoms. The molecular formula is C31H46N6O4. The van der Waals surface area contributed by atoms with Crippen molar-refractivity contribution in [3.8, 4) is 0 Å². The molecule has 224 valence electrons. The number of benzene rings is 1. The molecule has 41 heavy (non-hydrogen) atoms. The van der Waals surface area contributed by atoms with Gasteiger partial charge in [-0.25, -0.2) is 15.2 Å². The van der Waals surface area contributed by atoms with Gasteiger partial charge in [0.1, 0.15) is 6.61 Å². The highest BCUT2D eigenvalue weighted by molar-refractivity contribution is 6.01. The predicted molar refractivity (Wildman–Crippen MR) is 155 cm³/mol. The van der Waals surface area contributed by atoms with Crippen LogP contribution in [0.25, 0.3) is 0 Å². The van der Waals surface area contributed by atoms with Crippen molar-refractivity contribution < 1.29 is 19.2 Å². The van der Waals surface area contributed by atoms with E-state index >= 15 is 0 Å². The fraction of sp³-hybridized carbons (Fsp3) is 0.710. The lowest BCUT2D eigenvalue weighted by atomic mass is 9.66. The van der Waals surface area contributed by atoms with Gasteiger partial charge in [0.25, 0.3) is 0 Å². The Bertz CT molecular complexity index is 1110. The summed E-state index contributed by atoms with van der Waals surface area (Å²) in [7, 11) is 1.54. The van der Waals surface area contributed by atoms with Crippen molar-refractivity contribution in [2.45, 2.75) is 102 Å². The van der Waals surface area contributed by atoms with Gasteiger partial charge in [-0.15, -0.1) is 0 Å². The average molecular weight is 567 g/mol. The van der Waals surface area contributed by atoms with E-state index in [1.807, 2.05) is 24.3 Å². The molecule has 2 aliphatic carbocycles. The second-order valence-electron chi connectivity index (χ2n) is 12.5. The minimum absolute atomic E-state index is 0.0755. The van der Waals surface area contributed by atoms with E-state index in [2.05, 4.69) is 38.3 Å². The lowest BCUT2D eigenvalue weighted by Gasteiger charge is -2.51. The number of oxime groups is 1. The van der Waals surface area contributed by atoms with Crippen molar-refractivity contribution in [2.75, 3.05) is 20.1 Å². The van der Waals surface area contributed by atoms with Crippen LogP contribution in [0.1, 0.15) is 82.3 Å². The molecule has 3 N–H and O–H groups in total. The molecule has 0 spiro atoms. The number of nitrogens with one attached hydrogen (secondary N) is 3. The van der Waals surface area contributed by atoms with Gasteiger partial charge in [0.2, 0.25) is 5.91 Å². The first kappa shape index (κ1) is 28.4. The summed E-state index contributed by atoms with van der Waals surface area (Å²) in [5.74, 6) is 1.24. The number of carbonyl (C=O) groups is 2. The van der Waals surface area contributed by atoms with Gasteiger partial charge in [-0.3, -0.25) is 4.79 Å². The molecular weight excluding hydrogens is 520 g/mol. The lowest BCUT2D eigenvalue weighted by Crippen LogP contribution is -2.62. The van der Waals surface area contributed by atoms with Crippen molar-refractivity contribution in [3.63, 3.8) is 0 Å². The third-order valence-corrected chi connectivity index (χ3v) is 10.1. The number of rotatable bonds is 7. The number of ether oxygens (including phenoxy) is 1. The molecule has 0 bridgehead atoms. The maximum atomic E-state index is 14.5. The molecule has 3 heterocycles. The second kappa shape index (κ2) is 12.7. The molecule has 3 aliphatic heterocycles. The molecule has 10 nitrogen and oxygen atoms in total. The largest absolute Gasteiger partial charge is 0.445 e. The molecule has 5 aliphatic rings. The summed E-state index contributed by atoms with van der Waals surface area (Å²) >= 11 is 0. The van der Waals surface area contributed by atoms with E-state index < -0.39 is 6.09 Å². The molecule has 2 amide bonds. The van der Waals surface area contributed by atoms with E-state index in [-0.39, 0.29) is 24.7 Å². The van der Waals surface area contributed by atoms with Crippen molar-refractivity contribution >= 4 is 17.7 Å². The predicted octanol–water partition coefficient (Wildman–Crippen LogP) is 3.72. The van der Waals surface area contributed by atoms with Crippen LogP contribution in [0.15, 0.2) is 29.4 Å². The highest BCUT2D eigenvalue weighted by atomic mass is 16.6. The van der Waals surface area contributed by atoms with Gasteiger partial charge in [0.15, 0.2) is 6.10 Å². The minimum Gasteiger partial charge on any atom is -0.445 e. The number of fused-ring (bicyclic) bond motifs is 5. The Balaban J connectivity index is 1.18. The SMILES string of the molecule is CCCN1NNC2C3CCCCC3N(CC3CC(c4ccc(COC(=O)NC)cc4)=NO3)C(=O)C3CCCCC3C21. The molecule has 2 saturated heterocycles. The van der Waals surface area contributed by atoms with Crippen molar-refractivity contribution in [1.82, 2.24) is 26.2 Å². The monoisotopic (exact) mass is 566 g/mol. The first-order valence-electron chi connectivity index (χ1n) is 15.8. The number of nitrogens with zero attached hydrogens (tertiary/aromatic N) is 3. The average Bonchev–Trinajstić information content (AvgIpc) is 3.65. The van der Waals surface area contributed by atoms with Crippen LogP contribution in [0.5, 0.6) is 0 Å². The lowest BCUT2D eigenvalue weighted by molar-refractivity contribution is -0.150. The number of hydrogen-bond acceptors (Lipinski definition) is 8. The Morgan fingerprint density at radius 3 is 2.63 bits per heavy atom. The fourth-order valence-electron chi connectivity index (χ4n) is 8.17. The van der Waals surface area contributed by atoms with E-state index in [0.717, 1.165) is 61.9 Å². The van der Waals surface area contributed by atoms with E-state index in [0.29, 0.717) is 42.8 Å². The number of alkyl carbamates (subject to hydrolysis) is 1. The number of likely N-dealkylation sites (tertiary alicyclic amines) is 1. The highest BCUT2D eigenvalue weighted by Gasteiger charge is 2.54. The summed E-state index contributed by atoms with van der Waals surface area (Å²) in [6.45, 7) is 4.05. The van der Waals surface area contributed by atoms with Crippen molar-refractivity contribution in [2.24, 2.45) is 22.9 Å². The van der Waals surface area contributed by atoms with E-state index in [1.165, 1.54) is 19.3 Å². The first-order valence-corrected chi connectivity index (χ1v) is 15.8. The summed E-state index contributed by atoms with van der Waals surface area (Å²) in [6, 6.07) is 8.86. The molecule has 2 saturated carbocycles. The van der Waals surface area contributed by atoms with Crippen LogP contribution in [0.4, 0.5) is 4.79 Å².